The number of nitrogens with two attached hydrogens (primary N) is 1. The molecule has 2 aromatic rings. The van der Waals surface area contributed by atoms with Crippen molar-refractivity contribution in [1.82, 2.24) is 10.2 Å². The number of methoxy groups -OCH3 is 2. The third kappa shape index (κ3) is 2.00. The zero-order chi connectivity index (χ0) is 14.2. The number of nitrogen functional groups attached to an aromatic ring is 1. The first-order valence-electron chi connectivity index (χ1n) is 5.72. The molecule has 2 rings (SSSR count). The Morgan fingerprint density at radius 3 is 2.26 bits per heavy atom. The molecule has 5 nitrogen and oxygen atoms in total. The molecule has 0 spiro atoms. The van der Waals surface area contributed by atoms with Gasteiger partial charge in [-0.25, -0.2) is 0 Å². The zero-order valence-corrected chi connectivity index (χ0v) is 12.1. The van der Waals surface area contributed by atoms with Crippen molar-refractivity contribution in [3.05, 3.63) is 22.3 Å². The summed E-state index contributed by atoms with van der Waals surface area (Å²) in [5, 5.41) is 7.20. The highest BCUT2D eigenvalue weighted by Crippen LogP contribution is 2.46. The fourth-order valence-corrected chi connectivity index (χ4v) is 2.53. The zero-order valence-electron chi connectivity index (χ0n) is 11.3. The predicted molar refractivity (Wildman–Crippen MR) is 76.0 cm³/mol. The molecular formula is C13H16ClN3O2. The van der Waals surface area contributed by atoms with E-state index in [1.807, 2.05) is 13.8 Å². The Labute approximate surface area is 116 Å². The molecule has 0 saturated carbocycles. The van der Waals surface area contributed by atoms with Crippen LogP contribution >= 0.6 is 11.6 Å². The molecule has 0 bridgehead atoms. The van der Waals surface area contributed by atoms with E-state index in [-0.39, 0.29) is 0 Å². The fraction of sp³-hybridized carbons (Fsp3) is 0.308. The van der Waals surface area contributed by atoms with E-state index in [2.05, 4.69) is 10.2 Å². The molecule has 0 fully saturated rings. The van der Waals surface area contributed by atoms with Crippen LogP contribution in [0.1, 0.15) is 11.1 Å². The molecule has 1 aromatic heterocycles. The van der Waals surface area contributed by atoms with Crippen molar-refractivity contribution in [2.24, 2.45) is 0 Å². The summed E-state index contributed by atoms with van der Waals surface area (Å²) in [6, 6.07) is 0. The summed E-state index contributed by atoms with van der Waals surface area (Å²) in [6.07, 6.45) is 1.66. The van der Waals surface area contributed by atoms with Gasteiger partial charge in [-0.2, -0.15) is 5.10 Å². The number of halogens is 1. The van der Waals surface area contributed by atoms with E-state index in [0.717, 1.165) is 22.3 Å². The summed E-state index contributed by atoms with van der Waals surface area (Å²) in [6.45, 7) is 3.79. The minimum Gasteiger partial charge on any atom is -0.496 e. The van der Waals surface area contributed by atoms with Gasteiger partial charge in [-0.15, -0.1) is 0 Å². The van der Waals surface area contributed by atoms with E-state index < -0.39 is 0 Å². The van der Waals surface area contributed by atoms with Crippen LogP contribution in [0.3, 0.4) is 0 Å². The topological polar surface area (TPSA) is 73.2 Å². The van der Waals surface area contributed by atoms with Crippen molar-refractivity contribution in [3.8, 4) is 22.6 Å². The van der Waals surface area contributed by atoms with Crippen LogP contribution in [0.4, 0.5) is 5.82 Å². The van der Waals surface area contributed by atoms with E-state index in [1.165, 1.54) is 0 Å². The van der Waals surface area contributed by atoms with E-state index >= 15 is 0 Å². The molecule has 1 heterocycles. The number of hydrogen-bond acceptors (Lipinski definition) is 4. The van der Waals surface area contributed by atoms with Crippen LogP contribution in [-0.2, 0) is 0 Å². The summed E-state index contributed by atoms with van der Waals surface area (Å²) in [5.41, 5.74) is 9.18. The number of aromatic amines is 1. The number of aromatic nitrogens is 2. The van der Waals surface area contributed by atoms with E-state index in [4.69, 9.17) is 26.8 Å². The van der Waals surface area contributed by atoms with E-state index in [9.17, 15) is 0 Å². The van der Waals surface area contributed by atoms with E-state index in [1.54, 1.807) is 20.4 Å². The first-order chi connectivity index (χ1) is 9.02. The van der Waals surface area contributed by atoms with Gasteiger partial charge < -0.3 is 15.2 Å². The Hall–Kier alpha value is -1.88. The molecule has 1 aromatic carbocycles. The number of ether oxygens (including phenoxy) is 2. The summed E-state index contributed by atoms with van der Waals surface area (Å²) in [4.78, 5) is 0. The maximum atomic E-state index is 6.30. The molecule has 0 aliphatic heterocycles. The highest BCUT2D eigenvalue weighted by atomic mass is 35.5. The lowest BCUT2D eigenvalue weighted by Crippen LogP contribution is -2.00. The van der Waals surface area contributed by atoms with Crippen LogP contribution in [0.15, 0.2) is 6.20 Å². The number of benzene rings is 1. The largest absolute Gasteiger partial charge is 0.496 e. The van der Waals surface area contributed by atoms with Gasteiger partial charge in [0, 0.05) is 22.3 Å². The third-order valence-corrected chi connectivity index (χ3v) is 3.61. The van der Waals surface area contributed by atoms with Gasteiger partial charge in [0.25, 0.3) is 0 Å². The summed E-state index contributed by atoms with van der Waals surface area (Å²) >= 11 is 6.30. The highest BCUT2D eigenvalue weighted by molar-refractivity contribution is 6.33. The Morgan fingerprint density at radius 1 is 1.16 bits per heavy atom. The van der Waals surface area contributed by atoms with Crippen LogP contribution in [0.2, 0.25) is 5.02 Å². The van der Waals surface area contributed by atoms with Crippen LogP contribution in [0.25, 0.3) is 11.1 Å². The lowest BCUT2D eigenvalue weighted by atomic mass is 9.97. The first-order valence-corrected chi connectivity index (χ1v) is 6.10. The summed E-state index contributed by atoms with van der Waals surface area (Å²) < 4.78 is 10.9. The molecule has 6 heteroatoms. The molecule has 0 radical (unpaired) electrons. The van der Waals surface area contributed by atoms with Crippen molar-refractivity contribution in [1.29, 1.82) is 0 Å². The number of hydrogen-bond donors (Lipinski definition) is 2. The Morgan fingerprint density at radius 2 is 1.79 bits per heavy atom. The van der Waals surface area contributed by atoms with Crippen LogP contribution < -0.4 is 15.2 Å². The molecule has 0 atom stereocenters. The number of nitrogens with zero attached hydrogens (tertiary/aromatic N) is 1. The molecule has 0 saturated heterocycles. The lowest BCUT2D eigenvalue weighted by Gasteiger charge is -2.19. The maximum absolute atomic E-state index is 6.30. The Bertz CT molecular complexity index is 623. The summed E-state index contributed by atoms with van der Waals surface area (Å²) in [7, 11) is 3.19. The standard InChI is InChI=1S/C13H16ClN3O2/c1-6-9(8-5-16-17-13(8)15)11(18-3)7(2)10(14)12(6)19-4/h5H,1-4H3,(H3,15,16,17). The van der Waals surface area contributed by atoms with Gasteiger partial charge in [0.15, 0.2) is 0 Å². The average Bonchev–Trinajstić information content (AvgIpc) is 2.80. The smallest absolute Gasteiger partial charge is 0.141 e. The highest BCUT2D eigenvalue weighted by Gasteiger charge is 2.23. The van der Waals surface area contributed by atoms with Crippen molar-refractivity contribution in [2.75, 3.05) is 20.0 Å². The number of rotatable bonds is 3. The third-order valence-electron chi connectivity index (χ3n) is 3.16. The van der Waals surface area contributed by atoms with Gasteiger partial charge in [0.2, 0.25) is 0 Å². The summed E-state index contributed by atoms with van der Waals surface area (Å²) in [5.74, 6) is 1.78. The van der Waals surface area contributed by atoms with Crippen molar-refractivity contribution in [3.63, 3.8) is 0 Å². The van der Waals surface area contributed by atoms with Crippen LogP contribution in [-0.4, -0.2) is 24.4 Å². The molecule has 102 valence electrons. The second-order valence-electron chi connectivity index (χ2n) is 4.20. The second kappa shape index (κ2) is 5.01. The molecule has 0 amide bonds. The monoisotopic (exact) mass is 281 g/mol. The van der Waals surface area contributed by atoms with Crippen molar-refractivity contribution in [2.45, 2.75) is 13.8 Å². The average molecular weight is 282 g/mol. The quantitative estimate of drug-likeness (QED) is 0.907. The maximum Gasteiger partial charge on any atom is 0.141 e. The fourth-order valence-electron chi connectivity index (χ4n) is 2.22. The number of H-pyrrole nitrogens is 1. The van der Waals surface area contributed by atoms with Gasteiger partial charge in [0.05, 0.1) is 25.4 Å². The second-order valence-corrected chi connectivity index (χ2v) is 4.58. The predicted octanol–water partition coefficient (Wildman–Crippen LogP) is 2.95. The van der Waals surface area contributed by atoms with Gasteiger partial charge in [-0.3, -0.25) is 5.10 Å². The SMILES string of the molecule is COc1c(C)c(-c2cn[nH]c2N)c(OC)c(C)c1Cl. The molecule has 3 N–H and O–H groups in total. The molecule has 0 aliphatic carbocycles. The molecule has 0 unspecified atom stereocenters. The van der Waals surface area contributed by atoms with Crippen molar-refractivity contribution >= 4 is 17.4 Å². The molecule has 0 aliphatic rings. The minimum atomic E-state index is 0.477. The van der Waals surface area contributed by atoms with Gasteiger partial charge in [0.1, 0.15) is 17.3 Å². The number of anilines is 1. The minimum absolute atomic E-state index is 0.477. The van der Waals surface area contributed by atoms with Gasteiger partial charge in [-0.05, 0) is 13.8 Å². The Kier molecular flexibility index (Phi) is 3.57. The number of nitrogens with one attached hydrogen (secondary N) is 1. The van der Waals surface area contributed by atoms with Crippen LogP contribution in [0, 0.1) is 13.8 Å². The molecule has 19 heavy (non-hydrogen) atoms. The van der Waals surface area contributed by atoms with Gasteiger partial charge >= 0.3 is 0 Å². The van der Waals surface area contributed by atoms with E-state index in [0.29, 0.717) is 22.3 Å². The van der Waals surface area contributed by atoms with Crippen molar-refractivity contribution < 1.29 is 9.47 Å². The first kappa shape index (κ1) is 13.5. The van der Waals surface area contributed by atoms with Crippen LogP contribution in [0.5, 0.6) is 11.5 Å². The molecular weight excluding hydrogens is 266 g/mol. The van der Waals surface area contributed by atoms with Gasteiger partial charge in [-0.1, -0.05) is 11.6 Å². The lowest BCUT2D eigenvalue weighted by molar-refractivity contribution is 0.400. The normalized spacial score (nSPS) is 10.6. The Balaban J connectivity index is 2.86.